The Hall–Kier alpha value is -1.02. The minimum atomic E-state index is 0.258. The average Bonchev–Trinajstić information content (AvgIpc) is 2.24. The van der Waals surface area contributed by atoms with E-state index in [0.717, 1.165) is 13.0 Å². The summed E-state index contributed by atoms with van der Waals surface area (Å²) in [6.45, 7) is 7.40. The first kappa shape index (κ1) is 12.1. The van der Waals surface area contributed by atoms with Crippen molar-refractivity contribution in [1.29, 1.82) is 0 Å². The molecule has 0 radical (unpaired) electrons. The Balaban J connectivity index is 2.60. The smallest absolute Gasteiger partial charge is 0.0475 e. The maximum Gasteiger partial charge on any atom is 0.0475 e. The van der Waals surface area contributed by atoms with Gasteiger partial charge in [-0.05, 0) is 43.4 Å². The summed E-state index contributed by atoms with van der Waals surface area (Å²) in [5.74, 6) is 0.352. The lowest BCUT2D eigenvalue weighted by molar-refractivity contribution is 0.230. The Morgan fingerprint density at radius 3 is 2.67 bits per heavy atom. The van der Waals surface area contributed by atoms with Crippen molar-refractivity contribution in [2.24, 2.45) is 5.92 Å². The summed E-state index contributed by atoms with van der Waals surface area (Å²) in [5, 5.41) is 12.5. The first-order valence-electron chi connectivity index (χ1n) is 5.59. The lowest BCUT2D eigenvalue weighted by atomic mass is 10.1. The van der Waals surface area contributed by atoms with Gasteiger partial charge in [-0.1, -0.05) is 19.1 Å². The number of benzene rings is 1. The summed E-state index contributed by atoms with van der Waals surface area (Å²) in [5.41, 5.74) is 3.70. The van der Waals surface area contributed by atoms with Crippen LogP contribution in [0.1, 0.15) is 24.5 Å². The monoisotopic (exact) mass is 207 g/mol. The van der Waals surface area contributed by atoms with Gasteiger partial charge >= 0.3 is 0 Å². The summed E-state index contributed by atoms with van der Waals surface area (Å²) in [6, 6.07) is 6.39. The first-order chi connectivity index (χ1) is 7.17. The topological polar surface area (TPSA) is 32.3 Å². The van der Waals surface area contributed by atoms with Crippen LogP contribution in [0.2, 0.25) is 0 Å². The van der Waals surface area contributed by atoms with Crippen LogP contribution in [0, 0.1) is 19.8 Å². The van der Waals surface area contributed by atoms with E-state index in [9.17, 15) is 0 Å². The molecule has 0 fully saturated rings. The van der Waals surface area contributed by atoms with Gasteiger partial charge in [0.1, 0.15) is 0 Å². The molecule has 1 aromatic rings. The zero-order valence-electron chi connectivity index (χ0n) is 9.88. The average molecular weight is 207 g/mol. The molecule has 0 amide bonds. The van der Waals surface area contributed by atoms with E-state index in [1.165, 1.54) is 16.8 Å². The number of aliphatic hydroxyl groups is 1. The molecule has 0 spiro atoms. The van der Waals surface area contributed by atoms with Gasteiger partial charge in [0.2, 0.25) is 0 Å². The van der Waals surface area contributed by atoms with Crippen LogP contribution in [-0.2, 0) is 0 Å². The molecule has 0 saturated carbocycles. The zero-order chi connectivity index (χ0) is 11.3. The fourth-order valence-corrected chi connectivity index (χ4v) is 1.52. The van der Waals surface area contributed by atoms with Gasteiger partial charge in [-0.25, -0.2) is 0 Å². The van der Waals surface area contributed by atoms with Crippen LogP contribution in [0.5, 0.6) is 0 Å². The van der Waals surface area contributed by atoms with Crippen molar-refractivity contribution in [2.45, 2.75) is 27.2 Å². The standard InChI is InChI=1S/C13H21NO/c1-4-12(9-15)8-14-13-7-10(2)5-6-11(13)3/h5-7,12,14-15H,4,8-9H2,1-3H3. The summed E-state index contributed by atoms with van der Waals surface area (Å²) in [6.07, 6.45) is 1.01. The van der Waals surface area contributed by atoms with Crippen LogP contribution in [0.15, 0.2) is 18.2 Å². The Bertz CT molecular complexity index is 305. The van der Waals surface area contributed by atoms with Crippen molar-refractivity contribution in [2.75, 3.05) is 18.5 Å². The van der Waals surface area contributed by atoms with Gasteiger partial charge in [-0.2, -0.15) is 0 Å². The van der Waals surface area contributed by atoms with E-state index in [-0.39, 0.29) is 6.61 Å². The Kier molecular flexibility index (Phi) is 4.63. The number of anilines is 1. The molecule has 1 aromatic carbocycles. The van der Waals surface area contributed by atoms with E-state index in [0.29, 0.717) is 5.92 Å². The molecule has 2 nitrogen and oxygen atoms in total. The van der Waals surface area contributed by atoms with E-state index in [1.807, 2.05) is 0 Å². The van der Waals surface area contributed by atoms with Crippen LogP contribution in [0.25, 0.3) is 0 Å². The molecule has 2 heteroatoms. The molecule has 84 valence electrons. The molecule has 2 N–H and O–H groups in total. The second kappa shape index (κ2) is 5.76. The number of hydrogen-bond acceptors (Lipinski definition) is 2. The normalized spacial score (nSPS) is 12.5. The third-order valence-electron chi connectivity index (χ3n) is 2.81. The lowest BCUT2D eigenvalue weighted by Crippen LogP contribution is -2.17. The van der Waals surface area contributed by atoms with Gasteiger partial charge in [0, 0.05) is 18.8 Å². The van der Waals surface area contributed by atoms with E-state index in [1.54, 1.807) is 0 Å². The second-order valence-electron chi connectivity index (χ2n) is 4.16. The maximum absolute atomic E-state index is 9.09. The molecule has 1 unspecified atom stereocenters. The van der Waals surface area contributed by atoms with E-state index in [4.69, 9.17) is 5.11 Å². The van der Waals surface area contributed by atoms with Crippen molar-refractivity contribution in [1.82, 2.24) is 0 Å². The quantitative estimate of drug-likeness (QED) is 0.778. The number of nitrogens with one attached hydrogen (secondary N) is 1. The molecule has 0 aliphatic heterocycles. The summed E-state index contributed by atoms with van der Waals surface area (Å²) < 4.78 is 0. The van der Waals surface area contributed by atoms with Gasteiger partial charge in [-0.3, -0.25) is 0 Å². The third-order valence-corrected chi connectivity index (χ3v) is 2.81. The number of rotatable bonds is 5. The molecule has 0 aliphatic carbocycles. The van der Waals surface area contributed by atoms with Crippen LogP contribution in [0.3, 0.4) is 0 Å². The van der Waals surface area contributed by atoms with Gasteiger partial charge in [0.15, 0.2) is 0 Å². The van der Waals surface area contributed by atoms with Crippen molar-refractivity contribution in [3.63, 3.8) is 0 Å². The van der Waals surface area contributed by atoms with Gasteiger partial charge < -0.3 is 10.4 Å². The predicted molar refractivity (Wildman–Crippen MR) is 65.3 cm³/mol. The SMILES string of the molecule is CCC(CO)CNc1cc(C)ccc1C. The molecular weight excluding hydrogens is 186 g/mol. The Morgan fingerprint density at radius 2 is 2.07 bits per heavy atom. The minimum Gasteiger partial charge on any atom is -0.396 e. The van der Waals surface area contributed by atoms with E-state index < -0.39 is 0 Å². The lowest BCUT2D eigenvalue weighted by Gasteiger charge is -2.15. The first-order valence-corrected chi connectivity index (χ1v) is 5.59. The summed E-state index contributed by atoms with van der Waals surface area (Å²) >= 11 is 0. The zero-order valence-corrected chi connectivity index (χ0v) is 9.88. The van der Waals surface area contributed by atoms with E-state index >= 15 is 0 Å². The molecular formula is C13H21NO. The van der Waals surface area contributed by atoms with Crippen molar-refractivity contribution in [3.8, 4) is 0 Å². The largest absolute Gasteiger partial charge is 0.396 e. The van der Waals surface area contributed by atoms with Crippen molar-refractivity contribution >= 4 is 5.69 Å². The van der Waals surface area contributed by atoms with Crippen LogP contribution in [0.4, 0.5) is 5.69 Å². The molecule has 0 aliphatic rings. The van der Waals surface area contributed by atoms with Gasteiger partial charge in [0.25, 0.3) is 0 Å². The maximum atomic E-state index is 9.09. The highest BCUT2D eigenvalue weighted by Crippen LogP contribution is 2.17. The molecule has 15 heavy (non-hydrogen) atoms. The van der Waals surface area contributed by atoms with Crippen LogP contribution >= 0.6 is 0 Å². The molecule has 0 aromatic heterocycles. The summed E-state index contributed by atoms with van der Waals surface area (Å²) in [7, 11) is 0. The molecule has 1 rings (SSSR count). The van der Waals surface area contributed by atoms with Gasteiger partial charge in [-0.15, -0.1) is 0 Å². The van der Waals surface area contributed by atoms with Crippen LogP contribution in [-0.4, -0.2) is 18.3 Å². The number of aryl methyl sites for hydroxylation is 2. The highest BCUT2D eigenvalue weighted by atomic mass is 16.3. The van der Waals surface area contributed by atoms with Crippen molar-refractivity contribution in [3.05, 3.63) is 29.3 Å². The highest BCUT2D eigenvalue weighted by Gasteiger charge is 2.05. The third kappa shape index (κ3) is 3.56. The number of aliphatic hydroxyl groups excluding tert-OH is 1. The molecule has 0 heterocycles. The predicted octanol–water partition coefficient (Wildman–Crippen LogP) is 2.73. The fourth-order valence-electron chi connectivity index (χ4n) is 1.52. The Labute approximate surface area is 92.3 Å². The molecule has 0 bridgehead atoms. The summed E-state index contributed by atoms with van der Waals surface area (Å²) in [4.78, 5) is 0. The second-order valence-corrected chi connectivity index (χ2v) is 4.16. The number of hydrogen-bond donors (Lipinski definition) is 2. The van der Waals surface area contributed by atoms with Gasteiger partial charge in [0.05, 0.1) is 0 Å². The van der Waals surface area contributed by atoms with Crippen LogP contribution < -0.4 is 5.32 Å². The van der Waals surface area contributed by atoms with E-state index in [2.05, 4.69) is 44.3 Å². The molecule has 0 saturated heterocycles. The Morgan fingerprint density at radius 1 is 1.33 bits per heavy atom. The highest BCUT2D eigenvalue weighted by molar-refractivity contribution is 5.52. The molecule has 1 atom stereocenters. The van der Waals surface area contributed by atoms with Crippen molar-refractivity contribution < 1.29 is 5.11 Å². The fraction of sp³-hybridized carbons (Fsp3) is 0.538. The minimum absolute atomic E-state index is 0.258.